The van der Waals surface area contributed by atoms with E-state index in [1.807, 2.05) is 54.0 Å². The van der Waals surface area contributed by atoms with Crippen molar-refractivity contribution in [3.8, 4) is 11.3 Å². The van der Waals surface area contributed by atoms with Crippen LogP contribution >= 0.6 is 11.6 Å². The molecule has 2 aromatic heterocycles. The minimum absolute atomic E-state index is 0.443. The molecule has 4 aromatic rings. The number of nitrogens with two attached hydrogens (primary N) is 1. The summed E-state index contributed by atoms with van der Waals surface area (Å²) in [6, 6.07) is 14.9. The molecule has 0 fully saturated rings. The maximum atomic E-state index is 11.3. The summed E-state index contributed by atoms with van der Waals surface area (Å²) in [6.07, 6.45) is 5.53. The first-order chi connectivity index (χ1) is 13.5. The molecule has 7 heteroatoms. The zero-order valence-electron chi connectivity index (χ0n) is 15.2. The first-order valence-electron chi connectivity index (χ1n) is 8.70. The third-order valence-electron chi connectivity index (χ3n) is 4.58. The third kappa shape index (κ3) is 3.54. The third-order valence-corrected chi connectivity index (χ3v) is 4.83. The highest BCUT2D eigenvalue weighted by atomic mass is 35.5. The molecule has 2 aromatic carbocycles. The lowest BCUT2D eigenvalue weighted by atomic mass is 10.1. The second-order valence-electron chi connectivity index (χ2n) is 6.52. The van der Waals surface area contributed by atoms with E-state index in [1.54, 1.807) is 24.5 Å². The summed E-state index contributed by atoms with van der Waals surface area (Å²) in [7, 11) is 2.01. The van der Waals surface area contributed by atoms with Crippen LogP contribution in [0.15, 0.2) is 67.1 Å². The lowest BCUT2D eigenvalue weighted by Crippen LogP contribution is -2.17. The van der Waals surface area contributed by atoms with E-state index in [1.165, 1.54) is 0 Å². The van der Waals surface area contributed by atoms with Crippen molar-refractivity contribution in [1.82, 2.24) is 14.4 Å². The van der Waals surface area contributed by atoms with Crippen molar-refractivity contribution < 1.29 is 4.79 Å². The minimum atomic E-state index is -0.443. The Labute approximate surface area is 167 Å². The number of halogens is 1. The maximum Gasteiger partial charge on any atom is 0.248 e. The Hall–Kier alpha value is -3.38. The maximum absolute atomic E-state index is 11.3. The molecule has 2 N–H and O–H groups in total. The van der Waals surface area contributed by atoms with Gasteiger partial charge in [0.05, 0.1) is 30.3 Å². The Morgan fingerprint density at radius 3 is 2.46 bits per heavy atom. The molecule has 4 rings (SSSR count). The fourth-order valence-corrected chi connectivity index (χ4v) is 3.19. The molecule has 0 aliphatic rings. The lowest BCUT2D eigenvalue weighted by molar-refractivity contribution is 0.100. The van der Waals surface area contributed by atoms with Crippen LogP contribution in [0.1, 0.15) is 16.1 Å². The van der Waals surface area contributed by atoms with Crippen LogP contribution in [0.3, 0.4) is 0 Å². The molecule has 28 heavy (non-hydrogen) atoms. The topological polar surface area (TPSA) is 76.5 Å². The van der Waals surface area contributed by atoms with Gasteiger partial charge in [0.25, 0.3) is 0 Å². The van der Waals surface area contributed by atoms with Gasteiger partial charge < -0.3 is 10.6 Å². The van der Waals surface area contributed by atoms with Gasteiger partial charge >= 0.3 is 0 Å². The van der Waals surface area contributed by atoms with Crippen LogP contribution in [0.4, 0.5) is 5.69 Å². The Bertz CT molecular complexity index is 1140. The molecule has 0 spiro atoms. The Balaban J connectivity index is 1.64. The fourth-order valence-electron chi connectivity index (χ4n) is 3.06. The van der Waals surface area contributed by atoms with Gasteiger partial charge in [-0.05, 0) is 36.4 Å². The standard InChI is InChI=1S/C21H18ClN5O/c1-26(18-8-6-16(22)7-9-18)12-17-13-27-19(10-25-20(27)11-24-17)14-2-4-15(5-3-14)21(23)28/h2-11,13H,12H2,1H3,(H2,23,28). The number of imidazole rings is 1. The smallest absolute Gasteiger partial charge is 0.248 e. The van der Waals surface area contributed by atoms with Gasteiger partial charge in [0.2, 0.25) is 5.91 Å². The van der Waals surface area contributed by atoms with Crippen molar-refractivity contribution in [2.45, 2.75) is 6.54 Å². The zero-order chi connectivity index (χ0) is 19.7. The molecule has 0 bridgehead atoms. The molecule has 0 saturated carbocycles. The van der Waals surface area contributed by atoms with Crippen LogP contribution in [-0.2, 0) is 6.54 Å². The van der Waals surface area contributed by atoms with Crippen molar-refractivity contribution in [2.24, 2.45) is 5.73 Å². The molecular weight excluding hydrogens is 374 g/mol. The van der Waals surface area contributed by atoms with Gasteiger partial charge in [-0.1, -0.05) is 23.7 Å². The van der Waals surface area contributed by atoms with Gasteiger partial charge in [-0.15, -0.1) is 0 Å². The van der Waals surface area contributed by atoms with Crippen molar-refractivity contribution in [3.63, 3.8) is 0 Å². The molecule has 2 heterocycles. The van der Waals surface area contributed by atoms with E-state index in [2.05, 4.69) is 14.9 Å². The van der Waals surface area contributed by atoms with Crippen molar-refractivity contribution in [3.05, 3.63) is 83.4 Å². The summed E-state index contributed by atoms with van der Waals surface area (Å²) in [5, 5.41) is 0.710. The number of nitrogens with zero attached hydrogens (tertiary/aromatic N) is 4. The number of anilines is 1. The quantitative estimate of drug-likeness (QED) is 0.561. The highest BCUT2D eigenvalue weighted by Crippen LogP contribution is 2.22. The minimum Gasteiger partial charge on any atom is -0.369 e. The highest BCUT2D eigenvalue weighted by molar-refractivity contribution is 6.30. The number of carbonyl (C=O) groups is 1. The number of carbonyl (C=O) groups excluding carboxylic acids is 1. The van der Waals surface area contributed by atoms with Crippen LogP contribution in [0.25, 0.3) is 16.9 Å². The molecule has 0 aliphatic carbocycles. The highest BCUT2D eigenvalue weighted by Gasteiger charge is 2.10. The van der Waals surface area contributed by atoms with E-state index in [0.29, 0.717) is 17.1 Å². The van der Waals surface area contributed by atoms with Crippen LogP contribution in [0.2, 0.25) is 5.02 Å². The Morgan fingerprint density at radius 1 is 1.07 bits per heavy atom. The van der Waals surface area contributed by atoms with Gasteiger partial charge in [-0.3, -0.25) is 14.2 Å². The van der Waals surface area contributed by atoms with E-state index in [9.17, 15) is 4.79 Å². The van der Waals surface area contributed by atoms with Crippen LogP contribution in [-0.4, -0.2) is 27.3 Å². The second-order valence-corrected chi connectivity index (χ2v) is 6.96. The predicted octanol–water partition coefficient (Wildman–Crippen LogP) is 3.79. The Morgan fingerprint density at radius 2 is 1.79 bits per heavy atom. The molecule has 6 nitrogen and oxygen atoms in total. The molecule has 0 aliphatic heterocycles. The van der Waals surface area contributed by atoms with E-state index in [4.69, 9.17) is 17.3 Å². The number of amides is 1. The summed E-state index contributed by atoms with van der Waals surface area (Å²) in [5.41, 5.74) is 10.4. The van der Waals surface area contributed by atoms with Gasteiger partial charge in [0.15, 0.2) is 5.65 Å². The van der Waals surface area contributed by atoms with Gasteiger partial charge in [-0.2, -0.15) is 0 Å². The summed E-state index contributed by atoms with van der Waals surface area (Å²) in [6.45, 7) is 0.635. The number of fused-ring (bicyclic) bond motifs is 1. The average molecular weight is 392 g/mol. The number of hydrogen-bond donors (Lipinski definition) is 1. The zero-order valence-corrected chi connectivity index (χ0v) is 16.0. The van der Waals surface area contributed by atoms with Crippen LogP contribution in [0.5, 0.6) is 0 Å². The van der Waals surface area contributed by atoms with Crippen LogP contribution < -0.4 is 10.6 Å². The van der Waals surface area contributed by atoms with E-state index < -0.39 is 5.91 Å². The van der Waals surface area contributed by atoms with E-state index in [-0.39, 0.29) is 0 Å². The summed E-state index contributed by atoms with van der Waals surface area (Å²) < 4.78 is 2.00. The van der Waals surface area contributed by atoms with E-state index >= 15 is 0 Å². The largest absolute Gasteiger partial charge is 0.369 e. The van der Waals surface area contributed by atoms with E-state index in [0.717, 1.165) is 28.3 Å². The molecule has 0 radical (unpaired) electrons. The number of primary amides is 1. The number of rotatable bonds is 5. The van der Waals surface area contributed by atoms with Crippen molar-refractivity contribution in [1.29, 1.82) is 0 Å². The monoisotopic (exact) mass is 391 g/mol. The number of hydrogen-bond acceptors (Lipinski definition) is 4. The van der Waals surface area contributed by atoms with Crippen LogP contribution in [0, 0.1) is 0 Å². The normalized spacial score (nSPS) is 10.9. The predicted molar refractivity (Wildman–Crippen MR) is 110 cm³/mol. The molecule has 1 amide bonds. The first kappa shape index (κ1) is 18.0. The molecular formula is C21H18ClN5O. The van der Waals surface area contributed by atoms with Gasteiger partial charge in [-0.25, -0.2) is 4.98 Å². The molecule has 0 unspecified atom stereocenters. The first-order valence-corrected chi connectivity index (χ1v) is 9.08. The summed E-state index contributed by atoms with van der Waals surface area (Å²) in [4.78, 5) is 22.3. The molecule has 0 atom stereocenters. The number of benzene rings is 2. The summed E-state index contributed by atoms with van der Waals surface area (Å²) >= 11 is 5.97. The average Bonchev–Trinajstić information content (AvgIpc) is 3.11. The SMILES string of the molecule is CN(Cc1cn2c(-c3ccc(C(N)=O)cc3)cnc2cn1)c1ccc(Cl)cc1. The molecule has 0 saturated heterocycles. The van der Waals surface area contributed by atoms with Gasteiger partial charge in [0, 0.05) is 35.1 Å². The summed E-state index contributed by atoms with van der Waals surface area (Å²) in [5.74, 6) is -0.443. The Kier molecular flexibility index (Phi) is 4.71. The lowest BCUT2D eigenvalue weighted by Gasteiger charge is -2.19. The van der Waals surface area contributed by atoms with Crippen molar-refractivity contribution in [2.75, 3.05) is 11.9 Å². The number of aromatic nitrogens is 3. The fraction of sp³-hybridized carbons (Fsp3) is 0.0952. The molecule has 140 valence electrons. The second kappa shape index (κ2) is 7.32. The van der Waals surface area contributed by atoms with Gasteiger partial charge in [0.1, 0.15) is 0 Å². The van der Waals surface area contributed by atoms with Crippen molar-refractivity contribution >= 4 is 28.8 Å².